The standard InChI is InChI=1S/C18H25BO5/c1-17(2)18(3,4)24-19(23-17)14-10-13(16(20)22-6)15(21-5)12-9-7-8-11(12)14/h10H,7-9H2,1-6H3. The average Bonchev–Trinajstić information content (AvgIpc) is 3.07. The molecule has 5 nitrogen and oxygen atoms in total. The maximum atomic E-state index is 12.2. The lowest BCUT2D eigenvalue weighted by Gasteiger charge is -2.32. The third-order valence-corrected chi connectivity index (χ3v) is 5.50. The molecule has 1 fully saturated rings. The largest absolute Gasteiger partial charge is 0.496 e. The van der Waals surface area contributed by atoms with Crippen molar-refractivity contribution in [2.45, 2.75) is 58.2 Å². The lowest BCUT2D eigenvalue weighted by molar-refractivity contribution is 0.00578. The zero-order chi connectivity index (χ0) is 17.7. The van der Waals surface area contributed by atoms with Crippen LogP contribution < -0.4 is 10.2 Å². The molecule has 1 aliphatic carbocycles. The average molecular weight is 332 g/mol. The number of esters is 1. The summed E-state index contributed by atoms with van der Waals surface area (Å²) in [4.78, 5) is 12.2. The molecule has 0 bridgehead atoms. The first-order valence-electron chi connectivity index (χ1n) is 8.38. The number of fused-ring (bicyclic) bond motifs is 1. The van der Waals surface area contributed by atoms with Crippen molar-refractivity contribution in [2.24, 2.45) is 0 Å². The number of carbonyl (C=O) groups excluding carboxylic acids is 1. The fraction of sp³-hybridized carbons (Fsp3) is 0.611. The zero-order valence-electron chi connectivity index (χ0n) is 15.3. The van der Waals surface area contributed by atoms with Crippen LogP contribution in [-0.4, -0.2) is 38.5 Å². The van der Waals surface area contributed by atoms with E-state index >= 15 is 0 Å². The first-order valence-corrected chi connectivity index (χ1v) is 8.38. The second-order valence-electron chi connectivity index (χ2n) is 7.44. The highest BCUT2D eigenvalue weighted by molar-refractivity contribution is 6.63. The molecule has 0 saturated carbocycles. The van der Waals surface area contributed by atoms with Gasteiger partial charge in [0.1, 0.15) is 11.3 Å². The van der Waals surface area contributed by atoms with E-state index in [1.165, 1.54) is 12.7 Å². The van der Waals surface area contributed by atoms with Crippen molar-refractivity contribution >= 4 is 18.6 Å². The fourth-order valence-corrected chi connectivity index (χ4v) is 3.46. The summed E-state index contributed by atoms with van der Waals surface area (Å²) in [6.07, 6.45) is 2.85. The summed E-state index contributed by atoms with van der Waals surface area (Å²) in [6.45, 7) is 8.10. The van der Waals surface area contributed by atoms with Gasteiger partial charge in [-0.3, -0.25) is 0 Å². The van der Waals surface area contributed by atoms with Crippen molar-refractivity contribution in [3.8, 4) is 5.75 Å². The Morgan fingerprint density at radius 3 is 2.21 bits per heavy atom. The Kier molecular flexibility index (Phi) is 4.17. The van der Waals surface area contributed by atoms with E-state index in [0.29, 0.717) is 11.3 Å². The molecule has 0 atom stereocenters. The first kappa shape index (κ1) is 17.3. The summed E-state index contributed by atoms with van der Waals surface area (Å²) in [5.74, 6) is 0.217. The van der Waals surface area contributed by atoms with E-state index in [0.717, 1.165) is 30.3 Å². The van der Waals surface area contributed by atoms with Crippen LogP contribution >= 0.6 is 0 Å². The highest BCUT2D eigenvalue weighted by Gasteiger charge is 2.52. The van der Waals surface area contributed by atoms with E-state index in [2.05, 4.69) is 0 Å². The van der Waals surface area contributed by atoms with Gasteiger partial charge in [0, 0.05) is 0 Å². The third-order valence-electron chi connectivity index (χ3n) is 5.50. The van der Waals surface area contributed by atoms with Crippen LogP contribution in [-0.2, 0) is 26.9 Å². The van der Waals surface area contributed by atoms with Gasteiger partial charge in [0.15, 0.2) is 0 Å². The number of methoxy groups -OCH3 is 2. The molecule has 24 heavy (non-hydrogen) atoms. The van der Waals surface area contributed by atoms with E-state index in [1.807, 2.05) is 33.8 Å². The molecule has 1 aromatic carbocycles. The number of ether oxygens (including phenoxy) is 2. The Morgan fingerprint density at radius 1 is 1.08 bits per heavy atom. The minimum Gasteiger partial charge on any atom is -0.496 e. The molecule has 3 rings (SSSR count). The van der Waals surface area contributed by atoms with Gasteiger partial charge >= 0.3 is 13.1 Å². The van der Waals surface area contributed by atoms with Crippen molar-refractivity contribution in [1.29, 1.82) is 0 Å². The predicted molar refractivity (Wildman–Crippen MR) is 92.1 cm³/mol. The topological polar surface area (TPSA) is 54.0 Å². The maximum absolute atomic E-state index is 12.2. The van der Waals surface area contributed by atoms with Crippen LogP contribution in [0.3, 0.4) is 0 Å². The quantitative estimate of drug-likeness (QED) is 0.628. The molecule has 1 aromatic rings. The number of rotatable bonds is 3. The van der Waals surface area contributed by atoms with Crippen molar-refractivity contribution in [3.63, 3.8) is 0 Å². The Bertz CT molecular complexity index is 664. The summed E-state index contributed by atoms with van der Waals surface area (Å²) in [6, 6.07) is 1.82. The third kappa shape index (κ3) is 2.52. The van der Waals surface area contributed by atoms with E-state index < -0.39 is 24.3 Å². The Balaban J connectivity index is 2.13. The van der Waals surface area contributed by atoms with Gasteiger partial charge in [0.05, 0.1) is 25.4 Å². The highest BCUT2D eigenvalue weighted by atomic mass is 16.7. The molecule has 0 spiro atoms. The molecule has 0 amide bonds. The van der Waals surface area contributed by atoms with Gasteiger partial charge in [-0.2, -0.15) is 0 Å². The predicted octanol–water partition coefficient (Wildman–Crippen LogP) is 2.27. The normalized spacial score (nSPS) is 20.8. The number of carbonyl (C=O) groups is 1. The molecular weight excluding hydrogens is 307 g/mol. The summed E-state index contributed by atoms with van der Waals surface area (Å²) in [5, 5.41) is 0. The molecule has 1 saturated heterocycles. The van der Waals surface area contributed by atoms with Gasteiger partial charge in [-0.1, -0.05) is 0 Å². The number of hydrogen-bond donors (Lipinski definition) is 0. The summed E-state index contributed by atoms with van der Waals surface area (Å²) in [5.41, 5.74) is 2.76. The first-order chi connectivity index (χ1) is 11.2. The smallest absolute Gasteiger partial charge is 0.495 e. The summed E-state index contributed by atoms with van der Waals surface area (Å²) < 4.78 is 22.9. The van der Waals surface area contributed by atoms with Gasteiger partial charge in [0.2, 0.25) is 0 Å². The molecule has 0 N–H and O–H groups in total. The second-order valence-corrected chi connectivity index (χ2v) is 7.44. The van der Waals surface area contributed by atoms with Crippen molar-refractivity contribution in [3.05, 3.63) is 22.8 Å². The minimum absolute atomic E-state index is 0.403. The Labute approximate surface area is 143 Å². The van der Waals surface area contributed by atoms with E-state index in [9.17, 15) is 4.79 Å². The monoisotopic (exact) mass is 332 g/mol. The number of benzene rings is 1. The van der Waals surface area contributed by atoms with E-state index in [1.54, 1.807) is 7.11 Å². The molecule has 0 radical (unpaired) electrons. The minimum atomic E-state index is -0.490. The van der Waals surface area contributed by atoms with Crippen LogP contribution in [0.15, 0.2) is 6.07 Å². The zero-order valence-corrected chi connectivity index (χ0v) is 15.3. The molecule has 0 unspecified atom stereocenters. The molecular formula is C18H25BO5. The van der Waals surface area contributed by atoms with Crippen LogP contribution in [0.2, 0.25) is 0 Å². The van der Waals surface area contributed by atoms with Gasteiger partial charge in [-0.15, -0.1) is 0 Å². The van der Waals surface area contributed by atoms with Gasteiger partial charge < -0.3 is 18.8 Å². The molecule has 2 aliphatic rings. The maximum Gasteiger partial charge on any atom is 0.495 e. The molecule has 1 heterocycles. The van der Waals surface area contributed by atoms with Crippen LogP contribution in [0.25, 0.3) is 0 Å². The summed E-state index contributed by atoms with van der Waals surface area (Å²) in [7, 11) is 2.48. The van der Waals surface area contributed by atoms with Crippen LogP contribution in [0.1, 0.15) is 55.6 Å². The van der Waals surface area contributed by atoms with Crippen LogP contribution in [0.4, 0.5) is 0 Å². The van der Waals surface area contributed by atoms with Crippen LogP contribution in [0.5, 0.6) is 5.75 Å². The van der Waals surface area contributed by atoms with Crippen molar-refractivity contribution in [2.75, 3.05) is 14.2 Å². The molecule has 0 aromatic heterocycles. The second kappa shape index (κ2) is 5.78. The Morgan fingerprint density at radius 2 is 1.67 bits per heavy atom. The van der Waals surface area contributed by atoms with Crippen LogP contribution in [0, 0.1) is 0 Å². The Hall–Kier alpha value is -1.53. The molecule has 130 valence electrons. The lowest BCUT2D eigenvalue weighted by atomic mass is 9.74. The van der Waals surface area contributed by atoms with E-state index in [4.69, 9.17) is 18.8 Å². The van der Waals surface area contributed by atoms with Crippen molar-refractivity contribution < 1.29 is 23.6 Å². The molecule has 6 heteroatoms. The van der Waals surface area contributed by atoms with Crippen molar-refractivity contribution in [1.82, 2.24) is 0 Å². The van der Waals surface area contributed by atoms with Gasteiger partial charge in [0.25, 0.3) is 0 Å². The molecule has 1 aliphatic heterocycles. The fourth-order valence-electron chi connectivity index (χ4n) is 3.46. The SMILES string of the molecule is COC(=O)c1cc(B2OC(C)(C)C(C)(C)O2)c2c(c1OC)CCC2. The lowest BCUT2D eigenvalue weighted by Crippen LogP contribution is -2.41. The van der Waals surface area contributed by atoms with Gasteiger partial charge in [-0.05, 0) is 69.6 Å². The van der Waals surface area contributed by atoms with E-state index in [-0.39, 0.29) is 0 Å². The summed E-state index contributed by atoms with van der Waals surface area (Å²) >= 11 is 0. The number of hydrogen-bond acceptors (Lipinski definition) is 5. The highest BCUT2D eigenvalue weighted by Crippen LogP contribution is 2.39. The van der Waals surface area contributed by atoms with Gasteiger partial charge in [-0.25, -0.2) is 4.79 Å².